The molecule has 4 nitrogen and oxygen atoms in total. The molecule has 4 heteroatoms. The third-order valence-corrected chi connectivity index (χ3v) is 1.11. The van der Waals surface area contributed by atoms with Crippen LogP contribution < -0.4 is 0 Å². The fourth-order valence-corrected chi connectivity index (χ4v) is 0.682. The van der Waals surface area contributed by atoms with Crippen molar-refractivity contribution in [2.24, 2.45) is 0 Å². The molecule has 0 aliphatic heterocycles. The minimum atomic E-state index is 0.963. The van der Waals surface area contributed by atoms with Crippen LogP contribution in [0, 0.1) is 0 Å². The Morgan fingerprint density at radius 1 is 1.44 bits per heavy atom. The first kappa shape index (κ1) is 4.43. The highest BCUT2D eigenvalue weighted by atomic mass is 15.4. The molecule has 0 N–H and O–H groups in total. The van der Waals surface area contributed by atoms with Crippen LogP contribution >= 0.6 is 0 Å². The van der Waals surface area contributed by atoms with Gasteiger partial charge < -0.3 is 0 Å². The van der Waals surface area contributed by atoms with E-state index in [0.29, 0.717) is 0 Å². The summed E-state index contributed by atoms with van der Waals surface area (Å²) in [6, 6.07) is 1.85. The summed E-state index contributed by atoms with van der Waals surface area (Å²) in [5, 5.41) is 7.40. The lowest BCUT2D eigenvalue weighted by Gasteiger charge is -1.83. The van der Waals surface area contributed by atoms with Gasteiger partial charge in [0.05, 0.1) is 11.7 Å². The molecule has 0 saturated carbocycles. The highest BCUT2D eigenvalue weighted by molar-refractivity contribution is 5.40. The fourth-order valence-electron chi connectivity index (χ4n) is 0.682. The quantitative estimate of drug-likeness (QED) is 0.496. The molecule has 0 aliphatic rings. The molecule has 0 atom stereocenters. The van der Waals surface area contributed by atoms with Gasteiger partial charge in [0.25, 0.3) is 0 Å². The molecule has 2 aromatic heterocycles. The van der Waals surface area contributed by atoms with Gasteiger partial charge in [-0.05, 0) is 6.07 Å². The number of aromatic nitrogens is 4. The van der Waals surface area contributed by atoms with Crippen molar-refractivity contribution in [2.75, 3.05) is 0 Å². The van der Waals surface area contributed by atoms with Gasteiger partial charge in [0.2, 0.25) is 0 Å². The normalized spacial score (nSPS) is 10.2. The highest BCUT2D eigenvalue weighted by Gasteiger charge is 1.87. The molecule has 44 valence electrons. The van der Waals surface area contributed by atoms with Crippen molar-refractivity contribution in [2.45, 2.75) is 0 Å². The van der Waals surface area contributed by atoms with Gasteiger partial charge in [0.15, 0.2) is 0 Å². The summed E-state index contributed by atoms with van der Waals surface area (Å²) in [7, 11) is 0. The molecule has 0 bridgehead atoms. The molecule has 0 fully saturated rings. The number of fused-ring (bicyclic) bond motifs is 1. The minimum Gasteiger partial charge on any atom is -0.245 e. The largest absolute Gasteiger partial charge is 0.245 e. The molecule has 9 heavy (non-hydrogen) atoms. The zero-order valence-corrected chi connectivity index (χ0v) is 4.60. The van der Waals surface area contributed by atoms with Crippen LogP contribution in [0.1, 0.15) is 0 Å². The molecule has 2 rings (SSSR count). The van der Waals surface area contributed by atoms with E-state index in [2.05, 4.69) is 15.3 Å². The van der Waals surface area contributed by atoms with Crippen molar-refractivity contribution < 1.29 is 0 Å². The predicted molar refractivity (Wildman–Crippen MR) is 30.8 cm³/mol. The molecule has 0 aliphatic carbocycles. The topological polar surface area (TPSA) is 43.1 Å². The first-order chi connectivity index (χ1) is 4.47. The Balaban J connectivity index is 2.95. The number of hydrogen-bond donors (Lipinski definition) is 0. The first-order valence-electron chi connectivity index (χ1n) is 2.57. The molecule has 0 amide bonds. The first-order valence-corrected chi connectivity index (χ1v) is 2.57. The lowest BCUT2D eigenvalue weighted by molar-refractivity contribution is 0.834. The number of hydrogen-bond acceptors (Lipinski definition) is 3. The second kappa shape index (κ2) is 1.51. The second-order valence-electron chi connectivity index (χ2n) is 1.68. The van der Waals surface area contributed by atoms with E-state index in [1.165, 1.54) is 0 Å². The lowest BCUT2D eigenvalue weighted by Crippen LogP contribution is -1.86. The van der Waals surface area contributed by atoms with Crippen LogP contribution in [0.4, 0.5) is 0 Å². The van der Waals surface area contributed by atoms with Crippen LogP contribution in [-0.2, 0) is 0 Å². The molecule has 2 aromatic rings. The molecule has 2 heterocycles. The van der Waals surface area contributed by atoms with Crippen LogP contribution in [-0.4, -0.2) is 19.8 Å². The van der Waals surface area contributed by atoms with Gasteiger partial charge in [-0.1, -0.05) is 5.21 Å². The Morgan fingerprint density at radius 2 is 2.44 bits per heavy atom. The fraction of sp³-hybridized carbons (Fsp3) is 0. The highest BCUT2D eigenvalue weighted by Crippen LogP contribution is 1.93. The van der Waals surface area contributed by atoms with Crippen molar-refractivity contribution in [1.29, 1.82) is 0 Å². The summed E-state index contributed by atoms with van der Waals surface area (Å²) in [5.41, 5.74) is 0.963. The molecule has 0 unspecified atom stereocenters. The van der Waals surface area contributed by atoms with Crippen LogP contribution in [0.25, 0.3) is 5.52 Å². The van der Waals surface area contributed by atoms with Gasteiger partial charge in [-0.15, -0.1) is 5.10 Å². The summed E-state index contributed by atoms with van der Waals surface area (Å²) in [4.78, 5) is 3.85. The van der Waals surface area contributed by atoms with E-state index in [0.717, 1.165) is 5.52 Å². The van der Waals surface area contributed by atoms with Crippen molar-refractivity contribution in [1.82, 2.24) is 19.8 Å². The maximum atomic E-state index is 3.85. The summed E-state index contributed by atoms with van der Waals surface area (Å²) in [5.74, 6) is 0. The van der Waals surface area contributed by atoms with Crippen molar-refractivity contribution in [3.05, 3.63) is 24.8 Å². The Kier molecular flexibility index (Phi) is 0.745. The van der Waals surface area contributed by atoms with Gasteiger partial charge in [0.1, 0.15) is 6.33 Å². The SMILES string of the molecule is c1cc2cnnn2cn1. The Hall–Kier alpha value is -1.45. The average molecular weight is 120 g/mol. The minimum absolute atomic E-state index is 0.963. The monoisotopic (exact) mass is 120 g/mol. The smallest absolute Gasteiger partial charge is 0.119 e. The maximum Gasteiger partial charge on any atom is 0.119 e. The summed E-state index contributed by atoms with van der Waals surface area (Å²) >= 11 is 0. The van der Waals surface area contributed by atoms with Gasteiger partial charge >= 0.3 is 0 Å². The third kappa shape index (κ3) is 0.561. The maximum absolute atomic E-state index is 3.85. The van der Waals surface area contributed by atoms with Gasteiger partial charge in [-0.3, -0.25) is 0 Å². The molecule has 0 radical (unpaired) electrons. The lowest BCUT2D eigenvalue weighted by atomic mass is 10.5. The van der Waals surface area contributed by atoms with Crippen LogP contribution in [0.15, 0.2) is 24.8 Å². The van der Waals surface area contributed by atoms with E-state index in [-0.39, 0.29) is 0 Å². The average Bonchev–Trinajstić information content (AvgIpc) is 2.33. The molecular weight excluding hydrogens is 116 g/mol. The second-order valence-corrected chi connectivity index (χ2v) is 1.68. The van der Waals surface area contributed by atoms with Crippen LogP contribution in [0.5, 0.6) is 0 Å². The standard InChI is InChI=1S/C5H4N4/c1-2-6-4-9-5(1)3-7-8-9/h1-4H. The van der Waals surface area contributed by atoms with E-state index < -0.39 is 0 Å². The van der Waals surface area contributed by atoms with E-state index in [9.17, 15) is 0 Å². The molecular formula is C5H4N4. The summed E-state index contributed by atoms with van der Waals surface area (Å²) in [6.45, 7) is 0. The Labute approximate surface area is 51.1 Å². The van der Waals surface area contributed by atoms with Crippen molar-refractivity contribution in [3.63, 3.8) is 0 Å². The zero-order chi connectivity index (χ0) is 6.10. The van der Waals surface area contributed by atoms with Gasteiger partial charge in [-0.25, -0.2) is 9.50 Å². The van der Waals surface area contributed by atoms with Gasteiger partial charge in [-0.2, -0.15) is 0 Å². The van der Waals surface area contributed by atoms with Gasteiger partial charge in [0, 0.05) is 6.20 Å². The van der Waals surface area contributed by atoms with E-state index in [4.69, 9.17) is 0 Å². The van der Waals surface area contributed by atoms with E-state index >= 15 is 0 Å². The van der Waals surface area contributed by atoms with E-state index in [1.54, 1.807) is 23.2 Å². The summed E-state index contributed by atoms with van der Waals surface area (Å²) < 4.78 is 1.61. The van der Waals surface area contributed by atoms with Crippen LogP contribution in [0.3, 0.4) is 0 Å². The van der Waals surface area contributed by atoms with Crippen LogP contribution in [0.2, 0.25) is 0 Å². The molecule has 0 aromatic carbocycles. The van der Waals surface area contributed by atoms with Crippen molar-refractivity contribution >= 4 is 5.52 Å². The zero-order valence-electron chi connectivity index (χ0n) is 4.60. The Bertz CT molecular complexity index is 283. The summed E-state index contributed by atoms with van der Waals surface area (Å²) in [6.07, 6.45) is 5.00. The number of nitrogens with zero attached hydrogens (tertiary/aromatic N) is 4. The molecule has 0 saturated heterocycles. The Morgan fingerprint density at radius 3 is 3.33 bits per heavy atom. The predicted octanol–water partition coefficient (Wildman–Crippen LogP) is 0.124. The third-order valence-electron chi connectivity index (χ3n) is 1.11. The number of rotatable bonds is 0. The van der Waals surface area contributed by atoms with Crippen molar-refractivity contribution in [3.8, 4) is 0 Å². The molecule has 0 spiro atoms. The van der Waals surface area contributed by atoms with E-state index in [1.807, 2.05) is 6.07 Å².